The molecule has 0 radical (unpaired) electrons. The molecule has 0 saturated carbocycles. The minimum atomic E-state index is -0.501. The Morgan fingerprint density at radius 2 is 1.31 bits per heavy atom. The molecule has 0 amide bonds. The summed E-state index contributed by atoms with van der Waals surface area (Å²) >= 11 is 0. The molecule has 0 aliphatic carbocycles. The Morgan fingerprint density at radius 1 is 0.885 bits per heavy atom. The van der Waals surface area contributed by atoms with Crippen LogP contribution in [0, 0.1) is 0 Å². The molecule has 0 saturated heterocycles. The Bertz CT molecular complexity index is 434. The predicted octanol–water partition coefficient (Wildman–Crippen LogP) is 2.74. The first-order chi connectivity index (χ1) is 12.1. The fraction of sp³-hybridized carbons (Fsp3) is 0.526. The van der Waals surface area contributed by atoms with Gasteiger partial charge in [-0.15, -0.1) is 0 Å². The molecule has 0 unspecified atom stereocenters. The minimum absolute atomic E-state index is 0.0465. The molecule has 0 aliphatic heterocycles. The van der Waals surface area contributed by atoms with Crippen LogP contribution in [-0.2, 0) is 28.6 Å². The zero-order chi connectivity index (χ0) is 21.0. The summed E-state index contributed by atoms with van der Waals surface area (Å²) < 4.78 is 13.8. The summed E-state index contributed by atoms with van der Waals surface area (Å²) in [5.74, 6) is -1.20. The first-order valence-corrected chi connectivity index (χ1v) is 8.12. The van der Waals surface area contributed by atoms with Crippen molar-refractivity contribution in [3.05, 3.63) is 38.0 Å². The first kappa shape index (κ1) is 28.4. The van der Waals surface area contributed by atoms with Gasteiger partial charge in [0.15, 0.2) is 0 Å². The Kier molecular flexibility index (Phi) is 20.7. The van der Waals surface area contributed by atoms with Gasteiger partial charge in [-0.3, -0.25) is 0 Å². The predicted molar refractivity (Wildman–Crippen MR) is 100 cm³/mol. The molecule has 150 valence electrons. The van der Waals surface area contributed by atoms with Crippen LogP contribution >= 0.6 is 0 Å². The van der Waals surface area contributed by atoms with Crippen LogP contribution in [0.15, 0.2) is 38.0 Å². The average Bonchev–Trinajstić information content (AvgIpc) is 2.59. The lowest BCUT2D eigenvalue weighted by Crippen LogP contribution is -2.22. The van der Waals surface area contributed by atoms with E-state index in [1.54, 1.807) is 0 Å². The van der Waals surface area contributed by atoms with Crippen LogP contribution in [-0.4, -0.2) is 48.4 Å². The fourth-order valence-electron chi connectivity index (χ4n) is 0.925. The van der Waals surface area contributed by atoms with Crippen molar-refractivity contribution in [2.24, 2.45) is 0 Å². The molecule has 0 fully saturated rings. The third-order valence-electron chi connectivity index (χ3n) is 1.98. The van der Waals surface area contributed by atoms with Crippen molar-refractivity contribution < 1.29 is 33.7 Å². The summed E-state index contributed by atoms with van der Waals surface area (Å²) in [6.07, 6.45) is 5.36. The standard InChI is InChI=1S/2C7H12O2.C5H8O3/c1-5-6(8)9-7(2,3)4;1-3-5-6-9-7(8)4-2;1-2-5(7)8-4-3-6/h5H,1H2,2-4H3;4H,2-3,5-6H2,1H3;2,6H,1,3-4H2. The molecule has 0 aromatic rings. The summed E-state index contributed by atoms with van der Waals surface area (Å²) in [4.78, 5) is 31.0. The number of aliphatic hydroxyl groups is 1. The maximum Gasteiger partial charge on any atom is 0.330 e. The number of esters is 3. The van der Waals surface area contributed by atoms with Gasteiger partial charge in [0.1, 0.15) is 12.2 Å². The number of carbonyl (C=O) groups excluding carboxylic acids is 3. The van der Waals surface area contributed by atoms with E-state index in [1.165, 1.54) is 6.08 Å². The maximum atomic E-state index is 10.5. The van der Waals surface area contributed by atoms with E-state index in [0.717, 1.165) is 25.0 Å². The molecule has 7 nitrogen and oxygen atoms in total. The lowest BCUT2D eigenvalue weighted by atomic mass is 10.2. The fourth-order valence-corrected chi connectivity index (χ4v) is 0.925. The number of aliphatic hydroxyl groups excluding tert-OH is 1. The van der Waals surface area contributed by atoms with Gasteiger partial charge in [-0.25, -0.2) is 14.4 Å². The van der Waals surface area contributed by atoms with Crippen LogP contribution < -0.4 is 0 Å². The summed E-state index contributed by atoms with van der Waals surface area (Å²) in [6, 6.07) is 0. The van der Waals surface area contributed by atoms with Crippen LogP contribution in [0.4, 0.5) is 0 Å². The van der Waals surface area contributed by atoms with Gasteiger partial charge in [0, 0.05) is 18.2 Å². The lowest BCUT2D eigenvalue weighted by molar-refractivity contribution is -0.148. The third-order valence-corrected chi connectivity index (χ3v) is 1.98. The van der Waals surface area contributed by atoms with E-state index in [4.69, 9.17) is 9.84 Å². The molecule has 26 heavy (non-hydrogen) atoms. The van der Waals surface area contributed by atoms with Gasteiger partial charge < -0.3 is 19.3 Å². The second kappa shape index (κ2) is 18.9. The zero-order valence-corrected chi connectivity index (χ0v) is 16.3. The molecule has 7 heteroatoms. The Morgan fingerprint density at radius 3 is 1.58 bits per heavy atom. The quantitative estimate of drug-likeness (QED) is 0.303. The number of rotatable bonds is 8. The third kappa shape index (κ3) is 29.6. The molecule has 0 atom stereocenters. The normalized spacial score (nSPS) is 9.12. The van der Waals surface area contributed by atoms with E-state index in [-0.39, 0.29) is 25.2 Å². The Balaban J connectivity index is -0.000000306. The van der Waals surface area contributed by atoms with Gasteiger partial charge >= 0.3 is 17.9 Å². The van der Waals surface area contributed by atoms with Gasteiger partial charge in [0.25, 0.3) is 0 Å². The van der Waals surface area contributed by atoms with Gasteiger partial charge in [-0.2, -0.15) is 0 Å². The highest BCUT2D eigenvalue weighted by atomic mass is 16.6. The number of carbonyl (C=O) groups is 3. The van der Waals surface area contributed by atoms with Crippen molar-refractivity contribution in [3.8, 4) is 0 Å². The monoisotopic (exact) mass is 372 g/mol. The molecule has 0 heterocycles. The maximum absolute atomic E-state index is 10.5. The van der Waals surface area contributed by atoms with E-state index in [2.05, 4.69) is 29.2 Å². The smallest absolute Gasteiger partial charge is 0.330 e. The molecule has 0 aromatic heterocycles. The summed E-state index contributed by atoms with van der Waals surface area (Å²) in [6.45, 7) is 17.6. The number of hydrogen-bond acceptors (Lipinski definition) is 7. The topological polar surface area (TPSA) is 99.1 Å². The highest BCUT2D eigenvalue weighted by molar-refractivity contribution is 5.81. The van der Waals surface area contributed by atoms with Crippen molar-refractivity contribution in [1.29, 1.82) is 0 Å². The molecule has 0 aromatic carbocycles. The molecule has 0 spiro atoms. The van der Waals surface area contributed by atoms with E-state index < -0.39 is 11.6 Å². The van der Waals surface area contributed by atoms with Gasteiger partial charge in [-0.1, -0.05) is 33.1 Å². The molecular formula is C19H32O7. The van der Waals surface area contributed by atoms with E-state index in [1.807, 2.05) is 27.7 Å². The molecule has 0 aliphatic rings. The van der Waals surface area contributed by atoms with Gasteiger partial charge in [0.2, 0.25) is 0 Å². The number of unbranched alkanes of at least 4 members (excludes halogenated alkanes) is 1. The summed E-state index contributed by atoms with van der Waals surface area (Å²) in [5, 5.41) is 8.10. The highest BCUT2D eigenvalue weighted by Gasteiger charge is 2.12. The lowest BCUT2D eigenvalue weighted by Gasteiger charge is -2.17. The van der Waals surface area contributed by atoms with Crippen LogP contribution in [0.2, 0.25) is 0 Å². The SMILES string of the molecule is C=CC(=O)OC(C)(C)C.C=CC(=O)OCCCC.C=CC(=O)OCCO. The highest BCUT2D eigenvalue weighted by Crippen LogP contribution is 2.06. The summed E-state index contributed by atoms with van der Waals surface area (Å²) in [5.41, 5.74) is -0.398. The molecule has 1 N–H and O–H groups in total. The van der Waals surface area contributed by atoms with E-state index in [0.29, 0.717) is 6.61 Å². The van der Waals surface area contributed by atoms with Gasteiger partial charge in [0.05, 0.1) is 13.2 Å². The number of ether oxygens (including phenoxy) is 3. The number of hydrogen-bond donors (Lipinski definition) is 1. The Labute approximate surface area is 156 Å². The van der Waals surface area contributed by atoms with Crippen LogP contribution in [0.5, 0.6) is 0 Å². The van der Waals surface area contributed by atoms with Crippen molar-refractivity contribution in [2.45, 2.75) is 46.1 Å². The average molecular weight is 372 g/mol. The largest absolute Gasteiger partial charge is 0.463 e. The second-order valence-corrected chi connectivity index (χ2v) is 5.56. The van der Waals surface area contributed by atoms with E-state index in [9.17, 15) is 14.4 Å². The Hall–Kier alpha value is -2.41. The molecular weight excluding hydrogens is 340 g/mol. The van der Waals surface area contributed by atoms with E-state index >= 15 is 0 Å². The minimum Gasteiger partial charge on any atom is -0.463 e. The van der Waals surface area contributed by atoms with Crippen LogP contribution in [0.25, 0.3) is 0 Å². The van der Waals surface area contributed by atoms with Crippen molar-refractivity contribution in [2.75, 3.05) is 19.8 Å². The van der Waals surface area contributed by atoms with Crippen molar-refractivity contribution >= 4 is 17.9 Å². The van der Waals surface area contributed by atoms with Crippen LogP contribution in [0.1, 0.15) is 40.5 Å². The zero-order valence-electron chi connectivity index (χ0n) is 16.3. The van der Waals surface area contributed by atoms with Crippen molar-refractivity contribution in [1.82, 2.24) is 0 Å². The van der Waals surface area contributed by atoms with Gasteiger partial charge in [-0.05, 0) is 27.2 Å². The van der Waals surface area contributed by atoms with Crippen molar-refractivity contribution in [3.63, 3.8) is 0 Å². The second-order valence-electron chi connectivity index (χ2n) is 5.56. The molecule has 0 bridgehead atoms. The van der Waals surface area contributed by atoms with Crippen LogP contribution in [0.3, 0.4) is 0 Å². The first-order valence-electron chi connectivity index (χ1n) is 8.12. The molecule has 0 rings (SSSR count). The summed E-state index contributed by atoms with van der Waals surface area (Å²) in [7, 11) is 0.